The average molecular weight is 268 g/mol. The predicted molar refractivity (Wildman–Crippen MR) is 66.4 cm³/mol. The Hall–Kier alpha value is -2.38. The largest absolute Gasteiger partial charge is 0.480 e. The molecule has 0 aliphatic rings. The number of carbonyl (C=O) groups is 3. The number of hydrogen-bond acceptors (Lipinski definition) is 4. The number of aliphatic carboxylic acids is 1. The normalized spacial score (nSPS) is 9.95. The molecule has 0 aliphatic carbocycles. The van der Waals surface area contributed by atoms with Gasteiger partial charge in [0.25, 0.3) is 0 Å². The third-order valence-corrected chi connectivity index (χ3v) is 2.13. The molecule has 0 aliphatic heterocycles. The van der Waals surface area contributed by atoms with Crippen molar-refractivity contribution in [3.8, 4) is 0 Å². The topological polar surface area (TPSA) is 113 Å². The maximum Gasteiger partial charge on any atom is 0.325 e. The van der Waals surface area contributed by atoms with Crippen LogP contribution < -0.4 is 10.6 Å². The van der Waals surface area contributed by atoms with Crippen molar-refractivity contribution < 1.29 is 19.5 Å². The summed E-state index contributed by atoms with van der Waals surface area (Å²) in [6.07, 6.45) is 2.53. The molecule has 8 nitrogen and oxygen atoms in total. The molecule has 0 aromatic carbocycles. The zero-order valence-corrected chi connectivity index (χ0v) is 10.5. The van der Waals surface area contributed by atoms with E-state index in [1.54, 1.807) is 0 Å². The van der Waals surface area contributed by atoms with Gasteiger partial charge in [0.1, 0.15) is 6.54 Å². The number of carboxylic acids is 1. The van der Waals surface area contributed by atoms with E-state index in [9.17, 15) is 14.4 Å². The molecule has 0 spiro atoms. The highest BCUT2D eigenvalue weighted by Gasteiger charge is 2.08. The lowest BCUT2D eigenvalue weighted by molar-refractivity contribution is -0.137. The van der Waals surface area contributed by atoms with Crippen molar-refractivity contribution in [3.05, 3.63) is 12.3 Å². The van der Waals surface area contributed by atoms with Gasteiger partial charge in [-0.2, -0.15) is 5.10 Å². The molecule has 8 heteroatoms. The predicted octanol–water partition coefficient (Wildman–Crippen LogP) is -0.178. The molecular formula is C11H16N4O4. The second-order valence-corrected chi connectivity index (χ2v) is 3.87. The molecule has 0 fully saturated rings. The van der Waals surface area contributed by atoms with Crippen LogP contribution in [0.1, 0.15) is 19.8 Å². The summed E-state index contributed by atoms with van der Waals surface area (Å²) >= 11 is 0. The van der Waals surface area contributed by atoms with Crippen LogP contribution in [-0.2, 0) is 20.9 Å². The maximum atomic E-state index is 11.5. The van der Waals surface area contributed by atoms with E-state index in [1.807, 2.05) is 6.92 Å². The van der Waals surface area contributed by atoms with Gasteiger partial charge in [-0.1, -0.05) is 6.92 Å². The fourth-order valence-electron chi connectivity index (χ4n) is 1.34. The molecule has 1 rings (SSSR count). The van der Waals surface area contributed by atoms with Crippen molar-refractivity contribution in [2.45, 2.75) is 26.3 Å². The van der Waals surface area contributed by atoms with E-state index in [1.165, 1.54) is 16.9 Å². The van der Waals surface area contributed by atoms with E-state index < -0.39 is 11.9 Å². The van der Waals surface area contributed by atoms with Gasteiger partial charge in [-0.25, -0.2) is 0 Å². The number of carboxylic acid groups (broad SMARTS) is 1. The summed E-state index contributed by atoms with van der Waals surface area (Å²) in [6, 6.07) is 1.48. The van der Waals surface area contributed by atoms with Crippen LogP contribution in [0.2, 0.25) is 0 Å². The number of nitrogens with zero attached hydrogens (tertiary/aromatic N) is 2. The van der Waals surface area contributed by atoms with Crippen molar-refractivity contribution in [3.63, 3.8) is 0 Å². The Kier molecular flexibility index (Phi) is 5.52. The Balaban J connectivity index is 2.38. The van der Waals surface area contributed by atoms with E-state index in [0.717, 1.165) is 0 Å². The molecule has 0 saturated heterocycles. The highest BCUT2D eigenvalue weighted by Crippen LogP contribution is 2.01. The summed E-state index contributed by atoms with van der Waals surface area (Å²) in [6.45, 7) is 1.46. The van der Waals surface area contributed by atoms with Gasteiger partial charge >= 0.3 is 5.97 Å². The van der Waals surface area contributed by atoms with Gasteiger partial charge in [-0.15, -0.1) is 0 Å². The number of amides is 2. The highest BCUT2D eigenvalue weighted by atomic mass is 16.4. The minimum Gasteiger partial charge on any atom is -0.480 e. The van der Waals surface area contributed by atoms with Crippen molar-refractivity contribution in [1.29, 1.82) is 0 Å². The van der Waals surface area contributed by atoms with E-state index in [4.69, 9.17) is 5.11 Å². The van der Waals surface area contributed by atoms with Gasteiger partial charge in [-0.3, -0.25) is 19.1 Å². The minimum absolute atomic E-state index is 0.134. The van der Waals surface area contributed by atoms with Crippen LogP contribution in [0.3, 0.4) is 0 Å². The molecule has 3 N–H and O–H groups in total. The summed E-state index contributed by atoms with van der Waals surface area (Å²) in [5.41, 5.74) is 0. The van der Waals surface area contributed by atoms with Crippen LogP contribution in [0.25, 0.3) is 0 Å². The van der Waals surface area contributed by atoms with Gasteiger partial charge < -0.3 is 15.7 Å². The van der Waals surface area contributed by atoms with Crippen molar-refractivity contribution >= 4 is 23.6 Å². The second-order valence-electron chi connectivity index (χ2n) is 3.87. The summed E-state index contributed by atoms with van der Waals surface area (Å²) in [5, 5.41) is 17.3. The third kappa shape index (κ3) is 5.66. The van der Waals surface area contributed by atoms with Crippen LogP contribution in [0.5, 0.6) is 0 Å². The second kappa shape index (κ2) is 7.14. The lowest BCUT2D eigenvalue weighted by Gasteiger charge is -2.04. The van der Waals surface area contributed by atoms with E-state index in [-0.39, 0.29) is 24.8 Å². The Bertz CT molecular complexity index is 469. The number of nitrogens with one attached hydrogen (secondary N) is 2. The molecule has 0 bridgehead atoms. The molecule has 2 amide bonds. The molecule has 19 heavy (non-hydrogen) atoms. The average Bonchev–Trinajstić information content (AvgIpc) is 2.73. The Morgan fingerprint density at radius 1 is 1.37 bits per heavy atom. The SMILES string of the molecule is CCCC(=O)NCC(=O)Nc1ccn(CC(=O)O)n1. The smallest absolute Gasteiger partial charge is 0.325 e. The Morgan fingerprint density at radius 2 is 2.11 bits per heavy atom. The fourth-order valence-corrected chi connectivity index (χ4v) is 1.34. The lowest BCUT2D eigenvalue weighted by Crippen LogP contribution is -2.32. The van der Waals surface area contributed by atoms with E-state index >= 15 is 0 Å². The number of rotatable bonds is 7. The number of aromatic nitrogens is 2. The first-order valence-corrected chi connectivity index (χ1v) is 5.83. The van der Waals surface area contributed by atoms with E-state index in [2.05, 4.69) is 15.7 Å². The monoisotopic (exact) mass is 268 g/mol. The van der Waals surface area contributed by atoms with Gasteiger partial charge in [0.05, 0.1) is 6.54 Å². The van der Waals surface area contributed by atoms with Crippen molar-refractivity contribution in [2.24, 2.45) is 0 Å². The zero-order valence-electron chi connectivity index (χ0n) is 10.5. The Labute approximate surface area is 109 Å². The van der Waals surface area contributed by atoms with Crippen LogP contribution >= 0.6 is 0 Å². The standard InChI is InChI=1S/C11H16N4O4/c1-2-3-9(16)12-6-10(17)13-8-4-5-15(14-8)7-11(18)19/h4-5H,2-3,6-7H2,1H3,(H,12,16)(H,18,19)(H,13,14,17). The van der Waals surface area contributed by atoms with Gasteiger partial charge in [0.15, 0.2) is 5.82 Å². The van der Waals surface area contributed by atoms with Crippen LogP contribution in [0.4, 0.5) is 5.82 Å². The van der Waals surface area contributed by atoms with Crippen molar-refractivity contribution in [2.75, 3.05) is 11.9 Å². The molecule has 1 aromatic heterocycles. The number of hydrogen-bond donors (Lipinski definition) is 3. The molecular weight excluding hydrogens is 252 g/mol. The van der Waals surface area contributed by atoms with Gasteiger partial charge in [0, 0.05) is 18.7 Å². The fraction of sp³-hybridized carbons (Fsp3) is 0.455. The summed E-state index contributed by atoms with van der Waals surface area (Å²) in [5.74, 6) is -1.37. The first kappa shape index (κ1) is 14.7. The molecule has 0 atom stereocenters. The summed E-state index contributed by atoms with van der Waals surface area (Å²) in [7, 11) is 0. The molecule has 1 heterocycles. The summed E-state index contributed by atoms with van der Waals surface area (Å²) < 4.78 is 1.19. The minimum atomic E-state index is -1.02. The molecule has 1 aromatic rings. The van der Waals surface area contributed by atoms with Gasteiger partial charge in [-0.05, 0) is 6.42 Å². The molecule has 0 radical (unpaired) electrons. The number of carbonyl (C=O) groups excluding carboxylic acids is 2. The zero-order chi connectivity index (χ0) is 14.3. The highest BCUT2D eigenvalue weighted by molar-refractivity contribution is 5.93. The van der Waals surface area contributed by atoms with Crippen LogP contribution in [-0.4, -0.2) is 39.2 Å². The van der Waals surface area contributed by atoms with E-state index in [0.29, 0.717) is 12.8 Å². The number of anilines is 1. The third-order valence-electron chi connectivity index (χ3n) is 2.13. The summed E-state index contributed by atoms with van der Waals surface area (Å²) in [4.78, 5) is 33.1. The van der Waals surface area contributed by atoms with Crippen LogP contribution in [0.15, 0.2) is 12.3 Å². The molecule has 0 saturated carbocycles. The quantitative estimate of drug-likeness (QED) is 0.635. The Morgan fingerprint density at radius 3 is 2.74 bits per heavy atom. The van der Waals surface area contributed by atoms with Crippen LogP contribution in [0, 0.1) is 0 Å². The lowest BCUT2D eigenvalue weighted by atomic mass is 10.3. The first-order chi connectivity index (χ1) is 9.01. The first-order valence-electron chi connectivity index (χ1n) is 5.83. The maximum absolute atomic E-state index is 11.5. The molecule has 0 unspecified atom stereocenters. The van der Waals surface area contributed by atoms with Gasteiger partial charge in [0.2, 0.25) is 11.8 Å². The van der Waals surface area contributed by atoms with Crippen molar-refractivity contribution in [1.82, 2.24) is 15.1 Å². The molecule has 104 valence electrons.